The second-order valence-electron chi connectivity index (χ2n) is 5.97. The number of nitrogens with one attached hydrogen (secondary N) is 1. The average molecular weight is 308 g/mol. The summed E-state index contributed by atoms with van der Waals surface area (Å²) in [4.78, 5) is 21.6. The van der Waals surface area contributed by atoms with Gasteiger partial charge in [0.2, 0.25) is 5.95 Å². The first kappa shape index (κ1) is 14.0. The third kappa shape index (κ3) is 2.72. The molecule has 0 aliphatic carbocycles. The van der Waals surface area contributed by atoms with E-state index < -0.39 is 0 Å². The number of aryl methyl sites for hydroxylation is 2. The van der Waals surface area contributed by atoms with Crippen molar-refractivity contribution in [3.8, 4) is 0 Å². The van der Waals surface area contributed by atoms with Crippen molar-refractivity contribution in [2.24, 2.45) is 0 Å². The van der Waals surface area contributed by atoms with Crippen molar-refractivity contribution in [2.75, 3.05) is 36.0 Å². The lowest BCUT2D eigenvalue weighted by Crippen LogP contribution is -2.47. The number of H-pyrrole nitrogens is 1. The second-order valence-corrected chi connectivity index (χ2v) is 5.97. The standard InChI is InChI=1S/C17H20N6/c1-12-11-16(19-13(2)18-12)22-7-9-23(10-8-22)17-20-14-5-3-4-6-15(14)21-17/h3-6,11H,7-10H2,1-2H3,(H,20,21). The molecule has 6 nitrogen and oxygen atoms in total. The Bertz CT molecular complexity index is 779. The highest BCUT2D eigenvalue weighted by atomic mass is 15.3. The number of rotatable bonds is 2. The van der Waals surface area contributed by atoms with Crippen LogP contribution in [0.4, 0.5) is 11.8 Å². The minimum Gasteiger partial charge on any atom is -0.353 e. The summed E-state index contributed by atoms with van der Waals surface area (Å²) in [5.74, 6) is 2.82. The van der Waals surface area contributed by atoms with Gasteiger partial charge < -0.3 is 14.8 Å². The van der Waals surface area contributed by atoms with E-state index >= 15 is 0 Å². The van der Waals surface area contributed by atoms with Gasteiger partial charge >= 0.3 is 0 Å². The summed E-state index contributed by atoms with van der Waals surface area (Å²) >= 11 is 0. The number of hydrogen-bond acceptors (Lipinski definition) is 5. The molecule has 3 heterocycles. The van der Waals surface area contributed by atoms with Gasteiger partial charge in [0.15, 0.2) is 0 Å². The Balaban J connectivity index is 1.50. The molecule has 23 heavy (non-hydrogen) atoms. The van der Waals surface area contributed by atoms with Crippen molar-refractivity contribution in [3.05, 3.63) is 41.9 Å². The predicted molar refractivity (Wildman–Crippen MR) is 92.0 cm³/mol. The number of hydrogen-bond donors (Lipinski definition) is 1. The lowest BCUT2D eigenvalue weighted by Gasteiger charge is -2.35. The average Bonchev–Trinajstić information content (AvgIpc) is 2.98. The van der Waals surface area contributed by atoms with E-state index in [-0.39, 0.29) is 0 Å². The van der Waals surface area contributed by atoms with Crippen molar-refractivity contribution in [1.29, 1.82) is 0 Å². The largest absolute Gasteiger partial charge is 0.353 e. The van der Waals surface area contributed by atoms with Gasteiger partial charge in [-0.2, -0.15) is 0 Å². The number of benzene rings is 1. The Hall–Kier alpha value is -2.63. The van der Waals surface area contributed by atoms with Crippen LogP contribution in [0.5, 0.6) is 0 Å². The molecule has 0 bridgehead atoms. The molecule has 2 aromatic heterocycles. The third-order valence-corrected chi connectivity index (χ3v) is 4.23. The third-order valence-electron chi connectivity index (χ3n) is 4.23. The Labute approximate surface area is 135 Å². The van der Waals surface area contributed by atoms with Crippen LogP contribution in [-0.2, 0) is 0 Å². The molecular formula is C17H20N6. The van der Waals surface area contributed by atoms with Gasteiger partial charge in [0.05, 0.1) is 11.0 Å². The molecular weight excluding hydrogens is 288 g/mol. The van der Waals surface area contributed by atoms with E-state index in [4.69, 9.17) is 0 Å². The van der Waals surface area contributed by atoms with Crippen LogP contribution in [0.25, 0.3) is 11.0 Å². The molecule has 3 aromatic rings. The van der Waals surface area contributed by atoms with Gasteiger partial charge in [0.25, 0.3) is 0 Å². The molecule has 0 spiro atoms. The molecule has 1 fully saturated rings. The quantitative estimate of drug-likeness (QED) is 0.787. The highest BCUT2D eigenvalue weighted by Crippen LogP contribution is 2.20. The summed E-state index contributed by atoms with van der Waals surface area (Å²) in [6, 6.07) is 10.2. The van der Waals surface area contributed by atoms with Gasteiger partial charge in [0, 0.05) is 37.9 Å². The summed E-state index contributed by atoms with van der Waals surface area (Å²) in [5.41, 5.74) is 3.13. The first-order valence-electron chi connectivity index (χ1n) is 7.96. The van der Waals surface area contributed by atoms with Crippen molar-refractivity contribution in [3.63, 3.8) is 0 Å². The normalized spacial score (nSPS) is 15.4. The summed E-state index contributed by atoms with van der Waals surface area (Å²) in [5, 5.41) is 0. The monoisotopic (exact) mass is 308 g/mol. The second kappa shape index (κ2) is 5.53. The number of imidazole rings is 1. The Kier molecular flexibility index (Phi) is 3.37. The summed E-state index contributed by atoms with van der Waals surface area (Å²) in [6.45, 7) is 7.70. The minimum absolute atomic E-state index is 0.833. The topological polar surface area (TPSA) is 60.9 Å². The molecule has 4 rings (SSSR count). The fraction of sp³-hybridized carbons (Fsp3) is 0.353. The summed E-state index contributed by atoms with van der Waals surface area (Å²) in [7, 11) is 0. The zero-order chi connectivity index (χ0) is 15.8. The van der Waals surface area contributed by atoms with Gasteiger partial charge in [-0.15, -0.1) is 0 Å². The first-order valence-corrected chi connectivity index (χ1v) is 7.96. The molecule has 0 amide bonds. The number of anilines is 2. The van der Waals surface area contributed by atoms with E-state index in [1.54, 1.807) is 0 Å². The minimum atomic E-state index is 0.833. The zero-order valence-electron chi connectivity index (χ0n) is 13.5. The Morgan fingerprint density at radius 3 is 2.39 bits per heavy atom. The van der Waals surface area contributed by atoms with Gasteiger partial charge in [-0.05, 0) is 26.0 Å². The Morgan fingerprint density at radius 2 is 1.65 bits per heavy atom. The number of aromatic amines is 1. The van der Waals surface area contributed by atoms with Crippen LogP contribution in [0, 0.1) is 13.8 Å². The SMILES string of the molecule is Cc1cc(N2CCN(c3nc4ccccc4[nH]3)CC2)nc(C)n1. The van der Waals surface area contributed by atoms with Crippen LogP contribution < -0.4 is 9.80 Å². The van der Waals surface area contributed by atoms with Crippen molar-refractivity contribution >= 4 is 22.8 Å². The van der Waals surface area contributed by atoms with E-state index in [0.717, 1.165) is 60.5 Å². The maximum Gasteiger partial charge on any atom is 0.203 e. The smallest absolute Gasteiger partial charge is 0.203 e. The van der Waals surface area contributed by atoms with E-state index in [2.05, 4.69) is 41.9 Å². The van der Waals surface area contributed by atoms with E-state index in [1.807, 2.05) is 32.0 Å². The molecule has 0 unspecified atom stereocenters. The number of fused-ring (bicyclic) bond motifs is 1. The fourth-order valence-electron chi connectivity index (χ4n) is 3.10. The highest BCUT2D eigenvalue weighted by Gasteiger charge is 2.20. The van der Waals surface area contributed by atoms with Crippen LogP contribution in [-0.4, -0.2) is 46.1 Å². The van der Waals surface area contributed by atoms with Crippen molar-refractivity contribution in [2.45, 2.75) is 13.8 Å². The van der Waals surface area contributed by atoms with Crippen molar-refractivity contribution < 1.29 is 0 Å². The molecule has 1 saturated heterocycles. The van der Waals surface area contributed by atoms with Crippen molar-refractivity contribution in [1.82, 2.24) is 19.9 Å². The van der Waals surface area contributed by atoms with Crippen LogP contribution >= 0.6 is 0 Å². The molecule has 0 saturated carbocycles. The van der Waals surface area contributed by atoms with Gasteiger partial charge in [-0.3, -0.25) is 0 Å². The molecule has 1 aliphatic rings. The van der Waals surface area contributed by atoms with Crippen LogP contribution in [0.2, 0.25) is 0 Å². The molecule has 1 N–H and O–H groups in total. The van der Waals surface area contributed by atoms with E-state index in [1.165, 1.54) is 0 Å². The first-order chi connectivity index (χ1) is 11.2. The number of aromatic nitrogens is 4. The maximum atomic E-state index is 4.69. The van der Waals surface area contributed by atoms with Gasteiger partial charge in [-0.25, -0.2) is 15.0 Å². The number of para-hydroxylation sites is 2. The number of nitrogens with zero attached hydrogens (tertiary/aromatic N) is 5. The Morgan fingerprint density at radius 1 is 0.913 bits per heavy atom. The van der Waals surface area contributed by atoms with E-state index in [0.29, 0.717) is 0 Å². The molecule has 6 heteroatoms. The zero-order valence-corrected chi connectivity index (χ0v) is 13.5. The number of piperazine rings is 1. The van der Waals surface area contributed by atoms with Crippen LogP contribution in [0.3, 0.4) is 0 Å². The fourth-order valence-corrected chi connectivity index (χ4v) is 3.10. The van der Waals surface area contributed by atoms with Gasteiger partial charge in [0.1, 0.15) is 11.6 Å². The lowest BCUT2D eigenvalue weighted by molar-refractivity contribution is 0.636. The summed E-state index contributed by atoms with van der Waals surface area (Å²) in [6.07, 6.45) is 0. The van der Waals surface area contributed by atoms with Crippen LogP contribution in [0.1, 0.15) is 11.5 Å². The highest BCUT2D eigenvalue weighted by molar-refractivity contribution is 5.77. The summed E-state index contributed by atoms with van der Waals surface area (Å²) < 4.78 is 0. The lowest BCUT2D eigenvalue weighted by atomic mass is 10.3. The molecule has 1 aliphatic heterocycles. The van der Waals surface area contributed by atoms with Gasteiger partial charge in [-0.1, -0.05) is 12.1 Å². The maximum absolute atomic E-state index is 4.69. The van der Waals surface area contributed by atoms with E-state index in [9.17, 15) is 0 Å². The van der Waals surface area contributed by atoms with Crippen LogP contribution in [0.15, 0.2) is 30.3 Å². The molecule has 0 atom stereocenters. The molecule has 118 valence electrons. The predicted octanol–water partition coefficient (Wildman–Crippen LogP) is 2.30. The molecule has 0 radical (unpaired) electrons. The molecule has 1 aromatic carbocycles.